The van der Waals surface area contributed by atoms with E-state index in [1.165, 1.54) is 32.9 Å². The Morgan fingerprint density at radius 3 is 1.98 bits per heavy atom. The fourth-order valence-electron chi connectivity index (χ4n) is 5.26. The molecule has 4 aromatic carbocycles. The van der Waals surface area contributed by atoms with Crippen molar-refractivity contribution >= 4 is 39.3 Å². The fraction of sp³-hybridized carbons (Fsp3) is 0.152. The number of aliphatic carboxylic acids is 2. The molecule has 0 unspecified atom stereocenters. The number of carbonyl (C=O) groups is 2. The third kappa shape index (κ3) is 6.40. The van der Waals surface area contributed by atoms with Crippen molar-refractivity contribution in [3.8, 4) is 11.4 Å². The molecule has 1 aliphatic rings. The van der Waals surface area contributed by atoms with Crippen molar-refractivity contribution in [1.82, 2.24) is 9.47 Å². The predicted molar refractivity (Wildman–Crippen MR) is 161 cm³/mol. The number of phenols is 1. The van der Waals surface area contributed by atoms with E-state index >= 15 is 0 Å². The number of hydrogen-bond donors (Lipinski definition) is 3. The van der Waals surface area contributed by atoms with Crippen LogP contribution in [-0.4, -0.2) is 62.9 Å². The van der Waals surface area contributed by atoms with Gasteiger partial charge in [-0.3, -0.25) is 4.90 Å². The number of carboxylic acid groups (broad SMARTS) is 2. The summed E-state index contributed by atoms with van der Waals surface area (Å²) in [5, 5.41) is 29.7. The van der Waals surface area contributed by atoms with Gasteiger partial charge < -0.3 is 24.8 Å². The molecule has 1 aliphatic heterocycles. The summed E-state index contributed by atoms with van der Waals surface area (Å²) in [6.07, 6.45) is 3.44. The van der Waals surface area contributed by atoms with E-state index in [0.717, 1.165) is 38.4 Å². The van der Waals surface area contributed by atoms with Crippen molar-refractivity contribution < 1.29 is 24.9 Å². The van der Waals surface area contributed by atoms with Crippen molar-refractivity contribution in [2.75, 3.05) is 31.1 Å². The molecule has 3 N–H and O–H groups in total. The maximum absolute atomic E-state index is 10.2. The van der Waals surface area contributed by atoms with Crippen molar-refractivity contribution in [2.24, 2.45) is 0 Å². The molecule has 41 heavy (non-hydrogen) atoms. The lowest BCUT2D eigenvalue weighted by Gasteiger charge is -2.36. The van der Waals surface area contributed by atoms with E-state index in [9.17, 15) is 14.7 Å². The number of phenolic OH excluding ortho intramolecular Hbond substituents is 1. The largest absolute Gasteiger partial charge is 0.506 e. The summed E-state index contributed by atoms with van der Waals surface area (Å²) < 4.78 is 2.35. The Labute approximate surface area is 237 Å². The molecular weight excluding hydrogens is 518 g/mol. The van der Waals surface area contributed by atoms with Gasteiger partial charge in [0.2, 0.25) is 0 Å². The van der Waals surface area contributed by atoms with Crippen molar-refractivity contribution in [3.63, 3.8) is 0 Å². The highest BCUT2D eigenvalue weighted by Crippen LogP contribution is 2.31. The molecule has 1 aromatic heterocycles. The zero-order valence-electron chi connectivity index (χ0n) is 22.4. The van der Waals surface area contributed by atoms with Gasteiger partial charge in [-0.2, -0.15) is 0 Å². The molecule has 0 spiro atoms. The predicted octanol–water partition coefficient (Wildman–Crippen LogP) is 5.52. The highest BCUT2D eigenvalue weighted by molar-refractivity contribution is 5.94. The van der Waals surface area contributed by atoms with Crippen LogP contribution in [0.5, 0.6) is 5.75 Å². The Balaban J connectivity index is 0.000000372. The standard InChI is InChI=1S/C29H27N3O.C4H4O4/c33-29-15-6-5-13-28(29)31-18-16-30(17-19-31)20-23-21-32(26-12-4-3-11-25(23)26)27-14-7-9-22-8-1-2-10-24(22)27;5-3(6)1-2-4(7)8/h1-15,21,33H,16-20H2;1-2H,(H,5,6)(H,7,8)/b;2-1+. The summed E-state index contributed by atoms with van der Waals surface area (Å²) >= 11 is 0. The number of nitrogens with zero attached hydrogens (tertiary/aromatic N) is 3. The second kappa shape index (κ2) is 12.4. The average molecular weight is 550 g/mol. The lowest BCUT2D eigenvalue weighted by molar-refractivity contribution is -0.134. The summed E-state index contributed by atoms with van der Waals surface area (Å²) in [7, 11) is 0. The molecular formula is C33H31N3O5. The van der Waals surface area contributed by atoms with Gasteiger partial charge in [0.25, 0.3) is 0 Å². The van der Waals surface area contributed by atoms with Crippen molar-refractivity contribution in [3.05, 3.63) is 115 Å². The molecule has 0 bridgehead atoms. The number of carboxylic acids is 2. The number of hydrogen-bond acceptors (Lipinski definition) is 5. The van der Waals surface area contributed by atoms with Crippen LogP contribution in [0, 0.1) is 0 Å². The van der Waals surface area contributed by atoms with Gasteiger partial charge in [-0.25, -0.2) is 9.59 Å². The SMILES string of the molecule is O=C(O)/C=C/C(=O)O.Oc1ccccc1N1CCN(Cc2cn(-c3cccc4ccccc34)c3ccccc23)CC1. The normalized spacial score (nSPS) is 13.8. The van der Waals surface area contributed by atoms with Crippen molar-refractivity contribution in [2.45, 2.75) is 6.54 Å². The van der Waals surface area contributed by atoms with Gasteiger partial charge in [0.15, 0.2) is 0 Å². The van der Waals surface area contributed by atoms with Gasteiger partial charge in [-0.15, -0.1) is 0 Å². The van der Waals surface area contributed by atoms with E-state index < -0.39 is 11.9 Å². The third-order valence-electron chi connectivity index (χ3n) is 7.18. The molecule has 5 aromatic rings. The molecule has 208 valence electrons. The van der Waals surface area contributed by atoms with Crippen LogP contribution in [0.2, 0.25) is 0 Å². The molecule has 2 heterocycles. The number of fused-ring (bicyclic) bond motifs is 2. The van der Waals surface area contributed by atoms with Crippen LogP contribution in [0.1, 0.15) is 5.56 Å². The van der Waals surface area contributed by atoms with E-state index in [4.69, 9.17) is 10.2 Å². The van der Waals surface area contributed by atoms with Gasteiger partial charge >= 0.3 is 11.9 Å². The Bertz CT molecular complexity index is 1700. The van der Waals surface area contributed by atoms with Crippen molar-refractivity contribution in [1.29, 1.82) is 0 Å². The maximum Gasteiger partial charge on any atom is 0.328 e. The van der Waals surface area contributed by atoms with Gasteiger partial charge in [0.05, 0.1) is 16.9 Å². The van der Waals surface area contributed by atoms with Gasteiger partial charge in [0, 0.05) is 61.8 Å². The zero-order valence-corrected chi connectivity index (χ0v) is 22.4. The minimum absolute atomic E-state index is 0.365. The topological polar surface area (TPSA) is 106 Å². The van der Waals surface area contributed by atoms with E-state index in [-0.39, 0.29) is 0 Å². The van der Waals surface area contributed by atoms with Crippen LogP contribution >= 0.6 is 0 Å². The maximum atomic E-state index is 10.2. The Kier molecular flexibility index (Phi) is 8.31. The highest BCUT2D eigenvalue weighted by atomic mass is 16.4. The number of aromatic hydroxyl groups is 1. The van der Waals surface area contributed by atoms with Crippen LogP contribution in [0.3, 0.4) is 0 Å². The summed E-state index contributed by atoms with van der Waals surface area (Å²) in [6, 6.07) is 31.5. The monoisotopic (exact) mass is 549 g/mol. The molecule has 1 saturated heterocycles. The number of aromatic nitrogens is 1. The summed E-state index contributed by atoms with van der Waals surface area (Å²) in [6.45, 7) is 4.70. The first-order valence-corrected chi connectivity index (χ1v) is 13.4. The summed E-state index contributed by atoms with van der Waals surface area (Å²) in [4.78, 5) is 23.9. The smallest absolute Gasteiger partial charge is 0.328 e. The molecule has 0 saturated carbocycles. The fourth-order valence-corrected chi connectivity index (χ4v) is 5.26. The van der Waals surface area contributed by atoms with Crippen LogP contribution in [0.25, 0.3) is 27.4 Å². The Hall–Kier alpha value is -5.08. The number of piperazine rings is 1. The molecule has 6 rings (SSSR count). The van der Waals surface area contributed by atoms with Gasteiger partial charge in [0.1, 0.15) is 5.75 Å². The van der Waals surface area contributed by atoms with Crippen LogP contribution in [-0.2, 0) is 16.1 Å². The highest BCUT2D eigenvalue weighted by Gasteiger charge is 2.21. The lowest BCUT2D eigenvalue weighted by Crippen LogP contribution is -2.45. The number of anilines is 1. The first-order chi connectivity index (χ1) is 19.9. The first kappa shape index (κ1) is 27.5. The molecule has 0 radical (unpaired) electrons. The minimum Gasteiger partial charge on any atom is -0.506 e. The Morgan fingerprint density at radius 1 is 0.683 bits per heavy atom. The lowest BCUT2D eigenvalue weighted by atomic mass is 10.1. The minimum atomic E-state index is -1.26. The van der Waals surface area contributed by atoms with Crippen LogP contribution < -0.4 is 4.90 Å². The van der Waals surface area contributed by atoms with E-state index in [1.807, 2.05) is 18.2 Å². The second-order valence-corrected chi connectivity index (χ2v) is 9.80. The molecule has 8 nitrogen and oxygen atoms in total. The van der Waals surface area contributed by atoms with Gasteiger partial charge in [-0.1, -0.05) is 66.7 Å². The van der Waals surface area contributed by atoms with E-state index in [0.29, 0.717) is 17.9 Å². The molecule has 0 atom stereocenters. The van der Waals surface area contributed by atoms with E-state index in [2.05, 4.69) is 87.3 Å². The third-order valence-corrected chi connectivity index (χ3v) is 7.18. The Morgan fingerprint density at radius 2 is 1.27 bits per heavy atom. The zero-order chi connectivity index (χ0) is 28.8. The molecule has 0 aliphatic carbocycles. The van der Waals surface area contributed by atoms with Crippen LogP contribution in [0.15, 0.2) is 109 Å². The molecule has 0 amide bonds. The van der Waals surface area contributed by atoms with Crippen LogP contribution in [0.4, 0.5) is 5.69 Å². The summed E-state index contributed by atoms with van der Waals surface area (Å²) in [5.74, 6) is -2.15. The summed E-state index contributed by atoms with van der Waals surface area (Å²) in [5.41, 5.74) is 4.76. The number of rotatable bonds is 6. The number of para-hydroxylation sites is 3. The average Bonchev–Trinajstić information content (AvgIpc) is 3.35. The number of benzene rings is 4. The molecule has 8 heteroatoms. The van der Waals surface area contributed by atoms with E-state index in [1.54, 1.807) is 6.07 Å². The molecule has 1 fully saturated rings. The quantitative estimate of drug-likeness (QED) is 0.239. The second-order valence-electron chi connectivity index (χ2n) is 9.80. The first-order valence-electron chi connectivity index (χ1n) is 13.4. The van der Waals surface area contributed by atoms with Gasteiger partial charge in [-0.05, 0) is 35.2 Å².